The molecule has 0 N–H and O–H groups in total. The van der Waals surface area contributed by atoms with Gasteiger partial charge in [0.2, 0.25) is 5.91 Å². The van der Waals surface area contributed by atoms with Crippen LogP contribution in [0.4, 0.5) is 0 Å². The Kier molecular flexibility index (Phi) is 7.31. The monoisotopic (exact) mass is 382 g/mol. The molecule has 3 rings (SSSR count). The van der Waals surface area contributed by atoms with E-state index in [4.69, 9.17) is 9.47 Å². The van der Waals surface area contributed by atoms with E-state index in [1.165, 1.54) is 5.56 Å². The van der Waals surface area contributed by atoms with Crippen LogP contribution >= 0.6 is 0 Å². The number of hydrogen-bond donors (Lipinski definition) is 0. The van der Waals surface area contributed by atoms with Crippen molar-refractivity contribution in [1.82, 2.24) is 9.80 Å². The number of rotatable bonds is 8. The first kappa shape index (κ1) is 20.2. The van der Waals surface area contributed by atoms with Crippen LogP contribution in [0.3, 0.4) is 0 Å². The minimum atomic E-state index is 0.161. The standard InChI is InChI=1S/C23H30N2O3/c1-19(2)28-22-11-7-6-8-20(22)18-24-13-15-25(16-14-24)23(26)12-17-27-21-9-4-3-5-10-21/h3-11,19H,12-18H2,1-2H3. The third kappa shape index (κ3) is 5.99. The van der Waals surface area contributed by atoms with Gasteiger partial charge in [0.25, 0.3) is 0 Å². The number of piperazine rings is 1. The third-order valence-corrected chi connectivity index (χ3v) is 4.78. The molecular formula is C23H30N2O3. The molecule has 5 heteroatoms. The van der Waals surface area contributed by atoms with Crippen molar-refractivity contribution in [2.75, 3.05) is 32.8 Å². The van der Waals surface area contributed by atoms with E-state index in [0.29, 0.717) is 13.0 Å². The predicted molar refractivity (Wildman–Crippen MR) is 111 cm³/mol. The molecule has 1 heterocycles. The molecular weight excluding hydrogens is 352 g/mol. The van der Waals surface area contributed by atoms with Crippen molar-refractivity contribution in [3.63, 3.8) is 0 Å². The van der Waals surface area contributed by atoms with Crippen LogP contribution in [0, 0.1) is 0 Å². The number of para-hydroxylation sites is 2. The van der Waals surface area contributed by atoms with Crippen molar-refractivity contribution in [2.24, 2.45) is 0 Å². The number of carbonyl (C=O) groups excluding carboxylic acids is 1. The molecule has 1 aliphatic rings. The average Bonchev–Trinajstić information content (AvgIpc) is 2.70. The van der Waals surface area contributed by atoms with Crippen LogP contribution in [0.5, 0.6) is 11.5 Å². The zero-order valence-corrected chi connectivity index (χ0v) is 16.8. The van der Waals surface area contributed by atoms with Crippen LogP contribution in [0.25, 0.3) is 0 Å². The van der Waals surface area contributed by atoms with Crippen LogP contribution in [0.15, 0.2) is 54.6 Å². The van der Waals surface area contributed by atoms with E-state index in [-0.39, 0.29) is 12.0 Å². The number of benzene rings is 2. The Morgan fingerprint density at radius 1 is 0.964 bits per heavy atom. The molecule has 0 bridgehead atoms. The fourth-order valence-electron chi connectivity index (χ4n) is 3.33. The summed E-state index contributed by atoms with van der Waals surface area (Å²) >= 11 is 0. The fourth-order valence-corrected chi connectivity index (χ4v) is 3.33. The number of carbonyl (C=O) groups is 1. The molecule has 28 heavy (non-hydrogen) atoms. The Bertz CT molecular complexity index is 741. The molecule has 0 spiro atoms. The van der Waals surface area contributed by atoms with E-state index in [9.17, 15) is 4.79 Å². The first-order valence-electron chi connectivity index (χ1n) is 10.0. The van der Waals surface area contributed by atoms with Crippen molar-refractivity contribution in [3.8, 4) is 11.5 Å². The summed E-state index contributed by atoms with van der Waals surface area (Å²) in [7, 11) is 0. The normalized spacial score (nSPS) is 14.9. The highest BCUT2D eigenvalue weighted by Gasteiger charge is 2.21. The maximum absolute atomic E-state index is 12.4. The second-order valence-electron chi connectivity index (χ2n) is 7.34. The number of ether oxygens (including phenoxy) is 2. The predicted octanol–water partition coefficient (Wildman–Crippen LogP) is 3.59. The molecule has 150 valence electrons. The van der Waals surface area contributed by atoms with Crippen molar-refractivity contribution in [1.29, 1.82) is 0 Å². The number of hydrogen-bond acceptors (Lipinski definition) is 4. The van der Waals surface area contributed by atoms with Crippen LogP contribution in [-0.4, -0.2) is 54.6 Å². The summed E-state index contributed by atoms with van der Waals surface area (Å²) < 4.78 is 11.6. The molecule has 0 aliphatic carbocycles. The topological polar surface area (TPSA) is 42.0 Å². The molecule has 0 aromatic heterocycles. The van der Waals surface area contributed by atoms with E-state index < -0.39 is 0 Å². The SMILES string of the molecule is CC(C)Oc1ccccc1CN1CCN(C(=O)CCOc2ccccc2)CC1. The van der Waals surface area contributed by atoms with Crippen LogP contribution in [-0.2, 0) is 11.3 Å². The van der Waals surface area contributed by atoms with Crippen molar-refractivity contribution in [3.05, 3.63) is 60.2 Å². The van der Waals surface area contributed by atoms with Crippen LogP contribution in [0.2, 0.25) is 0 Å². The third-order valence-electron chi connectivity index (χ3n) is 4.78. The van der Waals surface area contributed by atoms with Gasteiger partial charge < -0.3 is 14.4 Å². The molecule has 0 atom stereocenters. The molecule has 1 fully saturated rings. The molecule has 5 nitrogen and oxygen atoms in total. The lowest BCUT2D eigenvalue weighted by Gasteiger charge is -2.35. The highest BCUT2D eigenvalue weighted by Crippen LogP contribution is 2.22. The quantitative estimate of drug-likeness (QED) is 0.700. The maximum atomic E-state index is 12.4. The second kappa shape index (κ2) is 10.1. The van der Waals surface area contributed by atoms with Crippen LogP contribution in [0.1, 0.15) is 25.8 Å². The lowest BCUT2D eigenvalue weighted by molar-refractivity contribution is -0.133. The first-order chi connectivity index (χ1) is 13.6. The van der Waals surface area contributed by atoms with Gasteiger partial charge in [-0.05, 0) is 32.0 Å². The maximum Gasteiger partial charge on any atom is 0.226 e. The molecule has 0 radical (unpaired) electrons. The molecule has 0 unspecified atom stereocenters. The average molecular weight is 383 g/mol. The highest BCUT2D eigenvalue weighted by molar-refractivity contribution is 5.76. The summed E-state index contributed by atoms with van der Waals surface area (Å²) in [5.74, 6) is 1.93. The summed E-state index contributed by atoms with van der Waals surface area (Å²) in [5, 5.41) is 0. The van der Waals surface area contributed by atoms with Gasteiger partial charge in [-0.25, -0.2) is 0 Å². The van der Waals surface area contributed by atoms with Gasteiger partial charge in [-0.3, -0.25) is 9.69 Å². The summed E-state index contributed by atoms with van der Waals surface area (Å²) in [6.45, 7) is 8.63. The van der Waals surface area contributed by atoms with E-state index >= 15 is 0 Å². The Hall–Kier alpha value is -2.53. The number of nitrogens with zero attached hydrogens (tertiary/aromatic N) is 2. The smallest absolute Gasteiger partial charge is 0.226 e. The van der Waals surface area contributed by atoms with Gasteiger partial charge in [0.15, 0.2) is 0 Å². The molecule has 1 amide bonds. The largest absolute Gasteiger partial charge is 0.493 e. The van der Waals surface area contributed by atoms with Crippen molar-refractivity contribution >= 4 is 5.91 Å². The van der Waals surface area contributed by atoms with Crippen molar-refractivity contribution in [2.45, 2.75) is 32.9 Å². The molecule has 2 aromatic rings. The van der Waals surface area contributed by atoms with E-state index in [1.54, 1.807) is 0 Å². The first-order valence-corrected chi connectivity index (χ1v) is 10.0. The Morgan fingerprint density at radius 3 is 2.36 bits per heavy atom. The van der Waals surface area contributed by atoms with Crippen molar-refractivity contribution < 1.29 is 14.3 Å². The second-order valence-corrected chi connectivity index (χ2v) is 7.34. The Balaban J connectivity index is 1.42. The molecule has 1 aliphatic heterocycles. The van der Waals surface area contributed by atoms with E-state index in [0.717, 1.165) is 44.2 Å². The van der Waals surface area contributed by atoms with Gasteiger partial charge in [-0.15, -0.1) is 0 Å². The molecule has 0 saturated carbocycles. The summed E-state index contributed by atoms with van der Waals surface area (Å²) in [6, 6.07) is 17.8. The zero-order chi connectivity index (χ0) is 19.8. The van der Waals surface area contributed by atoms with E-state index in [1.807, 2.05) is 61.2 Å². The lowest BCUT2D eigenvalue weighted by atomic mass is 10.1. The molecule has 2 aromatic carbocycles. The van der Waals surface area contributed by atoms with E-state index in [2.05, 4.69) is 17.0 Å². The lowest BCUT2D eigenvalue weighted by Crippen LogP contribution is -2.48. The summed E-state index contributed by atoms with van der Waals surface area (Å²) in [5.41, 5.74) is 1.20. The summed E-state index contributed by atoms with van der Waals surface area (Å²) in [4.78, 5) is 16.8. The highest BCUT2D eigenvalue weighted by atomic mass is 16.5. The minimum Gasteiger partial charge on any atom is -0.493 e. The number of amides is 1. The Labute approximate surface area is 167 Å². The summed E-state index contributed by atoms with van der Waals surface area (Å²) in [6.07, 6.45) is 0.577. The van der Waals surface area contributed by atoms with Gasteiger partial charge in [0.05, 0.1) is 19.1 Å². The van der Waals surface area contributed by atoms with Gasteiger partial charge in [-0.2, -0.15) is 0 Å². The minimum absolute atomic E-state index is 0.161. The van der Waals surface area contributed by atoms with Gasteiger partial charge in [0, 0.05) is 38.3 Å². The van der Waals surface area contributed by atoms with Crippen LogP contribution < -0.4 is 9.47 Å². The van der Waals surface area contributed by atoms with Gasteiger partial charge in [0.1, 0.15) is 11.5 Å². The fraction of sp³-hybridized carbons (Fsp3) is 0.435. The Morgan fingerprint density at radius 2 is 1.64 bits per heavy atom. The van der Waals surface area contributed by atoms with Gasteiger partial charge in [-0.1, -0.05) is 36.4 Å². The zero-order valence-electron chi connectivity index (χ0n) is 16.8. The molecule has 1 saturated heterocycles. The van der Waals surface area contributed by atoms with Gasteiger partial charge >= 0.3 is 0 Å².